The van der Waals surface area contributed by atoms with E-state index >= 15 is 0 Å². The van der Waals surface area contributed by atoms with Crippen molar-refractivity contribution in [3.63, 3.8) is 0 Å². The van der Waals surface area contributed by atoms with E-state index < -0.39 is 0 Å². The fourth-order valence-electron chi connectivity index (χ4n) is 2.84. The highest BCUT2D eigenvalue weighted by Crippen LogP contribution is 2.22. The molecule has 1 heterocycles. The second kappa shape index (κ2) is 5.88. The zero-order chi connectivity index (χ0) is 13.0. The van der Waals surface area contributed by atoms with Crippen molar-refractivity contribution < 1.29 is 0 Å². The van der Waals surface area contributed by atoms with E-state index in [1.165, 1.54) is 43.5 Å². The van der Waals surface area contributed by atoms with Crippen LogP contribution in [0, 0.1) is 11.3 Å². The molecule has 0 aliphatic carbocycles. The quantitative estimate of drug-likeness (QED) is 0.853. The molecule has 1 aromatic rings. The smallest absolute Gasteiger partial charge is 0.00173 e. The molecule has 1 aliphatic rings. The third-order valence-electron chi connectivity index (χ3n) is 3.68. The van der Waals surface area contributed by atoms with Crippen LogP contribution in [0.4, 0.5) is 0 Å². The van der Waals surface area contributed by atoms with Gasteiger partial charge >= 0.3 is 0 Å². The Kier molecular flexibility index (Phi) is 4.45. The minimum Gasteiger partial charge on any atom is -0.316 e. The molecule has 1 aromatic carbocycles. The summed E-state index contributed by atoms with van der Waals surface area (Å²) in [5.74, 6) is 0.840. The van der Waals surface area contributed by atoms with Crippen molar-refractivity contribution in [2.45, 2.75) is 46.5 Å². The molecule has 0 saturated carbocycles. The Labute approximate surface area is 112 Å². The SMILES string of the molecule is CC(C)(C)Cc1ccc(CC2CCCNC2)cc1. The Bertz CT molecular complexity index is 352. The van der Waals surface area contributed by atoms with Crippen molar-refractivity contribution in [2.75, 3.05) is 13.1 Å². The molecule has 1 nitrogen and oxygen atoms in total. The van der Waals surface area contributed by atoms with E-state index in [2.05, 4.69) is 50.4 Å². The highest BCUT2D eigenvalue weighted by Gasteiger charge is 2.14. The molecule has 1 aliphatic heterocycles. The van der Waals surface area contributed by atoms with Crippen molar-refractivity contribution in [1.29, 1.82) is 0 Å². The minimum atomic E-state index is 0.384. The predicted molar refractivity (Wildman–Crippen MR) is 78.9 cm³/mol. The lowest BCUT2D eigenvalue weighted by molar-refractivity contribution is 0.376. The molecule has 0 radical (unpaired) electrons. The first-order valence-electron chi connectivity index (χ1n) is 7.31. The molecule has 1 heteroatoms. The van der Waals surface area contributed by atoms with Crippen LogP contribution in [0.2, 0.25) is 0 Å². The summed E-state index contributed by atoms with van der Waals surface area (Å²) in [5, 5.41) is 3.50. The van der Waals surface area contributed by atoms with Gasteiger partial charge in [-0.15, -0.1) is 0 Å². The van der Waals surface area contributed by atoms with E-state index in [1.54, 1.807) is 0 Å². The summed E-state index contributed by atoms with van der Waals surface area (Å²) in [6.07, 6.45) is 5.13. The summed E-state index contributed by atoms with van der Waals surface area (Å²) in [5.41, 5.74) is 3.35. The first-order valence-corrected chi connectivity index (χ1v) is 7.31. The maximum atomic E-state index is 3.50. The Morgan fingerprint density at radius 2 is 1.78 bits per heavy atom. The van der Waals surface area contributed by atoms with Gasteiger partial charge in [0, 0.05) is 0 Å². The van der Waals surface area contributed by atoms with Crippen molar-refractivity contribution >= 4 is 0 Å². The van der Waals surface area contributed by atoms with E-state index in [1.807, 2.05) is 0 Å². The molecule has 18 heavy (non-hydrogen) atoms. The molecule has 0 amide bonds. The van der Waals surface area contributed by atoms with Crippen LogP contribution in [0.5, 0.6) is 0 Å². The lowest BCUT2D eigenvalue weighted by Crippen LogP contribution is -2.30. The standard InChI is InChI=1S/C17H27N/c1-17(2,3)12-15-8-6-14(7-9-15)11-16-5-4-10-18-13-16/h6-9,16,18H,4-5,10-13H2,1-3H3. The molecule has 0 aromatic heterocycles. The first-order chi connectivity index (χ1) is 8.53. The lowest BCUT2D eigenvalue weighted by Gasteiger charge is -2.23. The number of benzene rings is 1. The average Bonchev–Trinajstić information content (AvgIpc) is 2.31. The molecule has 1 fully saturated rings. The van der Waals surface area contributed by atoms with Crippen LogP contribution in [-0.4, -0.2) is 13.1 Å². The van der Waals surface area contributed by atoms with Gasteiger partial charge in [0.05, 0.1) is 0 Å². The van der Waals surface area contributed by atoms with E-state index in [-0.39, 0.29) is 0 Å². The number of nitrogens with one attached hydrogen (secondary N) is 1. The fraction of sp³-hybridized carbons (Fsp3) is 0.647. The third kappa shape index (κ3) is 4.45. The number of hydrogen-bond donors (Lipinski definition) is 1. The molecule has 1 saturated heterocycles. The Morgan fingerprint density at radius 1 is 1.11 bits per heavy atom. The van der Waals surface area contributed by atoms with Crippen LogP contribution in [0.1, 0.15) is 44.7 Å². The Morgan fingerprint density at radius 3 is 2.33 bits per heavy atom. The molecular formula is C17H27N. The Balaban J connectivity index is 1.90. The second-order valence-corrected chi connectivity index (χ2v) is 6.97. The summed E-state index contributed by atoms with van der Waals surface area (Å²) in [6, 6.07) is 9.29. The summed E-state index contributed by atoms with van der Waals surface area (Å²) >= 11 is 0. The van der Waals surface area contributed by atoms with Gasteiger partial charge in [0.15, 0.2) is 0 Å². The molecule has 0 bridgehead atoms. The van der Waals surface area contributed by atoms with Gasteiger partial charge in [-0.1, -0.05) is 45.0 Å². The number of rotatable bonds is 3. The van der Waals surface area contributed by atoms with E-state index in [0.29, 0.717) is 5.41 Å². The summed E-state index contributed by atoms with van der Waals surface area (Å²) < 4.78 is 0. The van der Waals surface area contributed by atoms with Gasteiger partial charge in [0.25, 0.3) is 0 Å². The predicted octanol–water partition coefficient (Wildman–Crippen LogP) is 3.82. The van der Waals surface area contributed by atoms with Gasteiger partial charge in [-0.05, 0) is 61.2 Å². The van der Waals surface area contributed by atoms with E-state index in [9.17, 15) is 0 Å². The van der Waals surface area contributed by atoms with Gasteiger partial charge in [-0.25, -0.2) is 0 Å². The molecule has 1 unspecified atom stereocenters. The fourth-order valence-corrected chi connectivity index (χ4v) is 2.84. The topological polar surface area (TPSA) is 12.0 Å². The largest absolute Gasteiger partial charge is 0.316 e. The van der Waals surface area contributed by atoms with Crippen molar-refractivity contribution in [3.8, 4) is 0 Å². The van der Waals surface area contributed by atoms with Gasteiger partial charge in [-0.3, -0.25) is 0 Å². The van der Waals surface area contributed by atoms with E-state index in [0.717, 1.165) is 12.3 Å². The molecule has 0 spiro atoms. The van der Waals surface area contributed by atoms with Crippen molar-refractivity contribution in [1.82, 2.24) is 5.32 Å². The van der Waals surface area contributed by atoms with Crippen LogP contribution in [0.25, 0.3) is 0 Å². The van der Waals surface area contributed by atoms with Crippen LogP contribution in [0.3, 0.4) is 0 Å². The summed E-state index contributed by atoms with van der Waals surface area (Å²) in [4.78, 5) is 0. The van der Waals surface area contributed by atoms with Crippen LogP contribution in [-0.2, 0) is 12.8 Å². The lowest BCUT2D eigenvalue weighted by atomic mass is 9.87. The first kappa shape index (κ1) is 13.6. The molecule has 100 valence electrons. The highest BCUT2D eigenvalue weighted by molar-refractivity contribution is 5.23. The van der Waals surface area contributed by atoms with Gasteiger partial charge in [0.2, 0.25) is 0 Å². The molecule has 2 rings (SSSR count). The van der Waals surface area contributed by atoms with Gasteiger partial charge < -0.3 is 5.32 Å². The maximum Gasteiger partial charge on any atom is -0.00173 e. The van der Waals surface area contributed by atoms with Crippen LogP contribution >= 0.6 is 0 Å². The highest BCUT2D eigenvalue weighted by atomic mass is 14.9. The van der Waals surface area contributed by atoms with Crippen molar-refractivity contribution in [3.05, 3.63) is 35.4 Å². The van der Waals surface area contributed by atoms with Gasteiger partial charge in [0.1, 0.15) is 0 Å². The maximum absolute atomic E-state index is 3.50. The Hall–Kier alpha value is -0.820. The number of piperidine rings is 1. The van der Waals surface area contributed by atoms with Gasteiger partial charge in [-0.2, -0.15) is 0 Å². The van der Waals surface area contributed by atoms with Crippen LogP contribution < -0.4 is 5.32 Å². The molecule has 1 atom stereocenters. The average molecular weight is 245 g/mol. The normalized spacial score (nSPS) is 20.9. The van der Waals surface area contributed by atoms with E-state index in [4.69, 9.17) is 0 Å². The minimum absolute atomic E-state index is 0.384. The second-order valence-electron chi connectivity index (χ2n) is 6.97. The van der Waals surface area contributed by atoms with Crippen molar-refractivity contribution in [2.24, 2.45) is 11.3 Å². The molecule has 1 N–H and O–H groups in total. The zero-order valence-electron chi connectivity index (χ0n) is 12.1. The summed E-state index contributed by atoms with van der Waals surface area (Å²) in [7, 11) is 0. The summed E-state index contributed by atoms with van der Waals surface area (Å²) in [6.45, 7) is 9.31. The zero-order valence-corrected chi connectivity index (χ0v) is 12.1. The monoisotopic (exact) mass is 245 g/mol. The number of hydrogen-bond acceptors (Lipinski definition) is 1. The molecular weight excluding hydrogens is 218 g/mol. The van der Waals surface area contributed by atoms with Crippen LogP contribution in [0.15, 0.2) is 24.3 Å². The third-order valence-corrected chi connectivity index (χ3v) is 3.68.